The van der Waals surface area contributed by atoms with Gasteiger partial charge in [-0.3, -0.25) is 9.59 Å². The lowest BCUT2D eigenvalue weighted by atomic mass is 9.90. The van der Waals surface area contributed by atoms with Crippen LogP contribution >= 0.6 is 0 Å². The highest BCUT2D eigenvalue weighted by Crippen LogP contribution is 2.28. The molecule has 1 aromatic carbocycles. The molecule has 2 amide bonds. The predicted molar refractivity (Wildman–Crippen MR) is 104 cm³/mol. The SMILES string of the molecule is CC(C)CCNC(=O)C(C)(C)C(=O)Nc1ccccc1N1CCOCC1. The maximum absolute atomic E-state index is 12.8. The van der Waals surface area contributed by atoms with Gasteiger partial charge in [0, 0.05) is 19.6 Å². The molecular formula is C20H31N3O3. The number of nitrogens with zero attached hydrogens (tertiary/aromatic N) is 1. The van der Waals surface area contributed by atoms with Crippen molar-refractivity contribution in [2.75, 3.05) is 43.1 Å². The maximum atomic E-state index is 12.8. The molecule has 1 fully saturated rings. The van der Waals surface area contributed by atoms with Gasteiger partial charge in [-0.25, -0.2) is 0 Å². The van der Waals surface area contributed by atoms with E-state index < -0.39 is 5.41 Å². The summed E-state index contributed by atoms with van der Waals surface area (Å²) < 4.78 is 5.40. The Morgan fingerprint density at radius 1 is 1.15 bits per heavy atom. The summed E-state index contributed by atoms with van der Waals surface area (Å²) in [7, 11) is 0. The highest BCUT2D eigenvalue weighted by Gasteiger charge is 2.36. The van der Waals surface area contributed by atoms with Crippen molar-refractivity contribution in [2.45, 2.75) is 34.1 Å². The Kier molecular flexibility index (Phi) is 7.03. The molecule has 1 saturated heterocycles. The second-order valence-corrected chi connectivity index (χ2v) is 7.63. The van der Waals surface area contributed by atoms with E-state index in [9.17, 15) is 9.59 Å². The second kappa shape index (κ2) is 9.03. The lowest BCUT2D eigenvalue weighted by Crippen LogP contribution is -2.45. The number of rotatable bonds is 7. The number of carbonyl (C=O) groups excluding carboxylic acids is 2. The summed E-state index contributed by atoms with van der Waals surface area (Å²) in [6.45, 7) is 11.0. The summed E-state index contributed by atoms with van der Waals surface area (Å²) in [5.41, 5.74) is 0.539. The molecule has 6 heteroatoms. The fourth-order valence-electron chi connectivity index (χ4n) is 2.74. The van der Waals surface area contributed by atoms with Crippen LogP contribution in [0.2, 0.25) is 0 Å². The van der Waals surface area contributed by atoms with E-state index in [1.807, 2.05) is 24.3 Å². The van der Waals surface area contributed by atoms with Crippen LogP contribution in [0, 0.1) is 11.3 Å². The van der Waals surface area contributed by atoms with E-state index in [2.05, 4.69) is 29.4 Å². The first-order valence-electron chi connectivity index (χ1n) is 9.34. The molecule has 2 N–H and O–H groups in total. The second-order valence-electron chi connectivity index (χ2n) is 7.63. The zero-order chi connectivity index (χ0) is 19.2. The Morgan fingerprint density at radius 3 is 2.46 bits per heavy atom. The smallest absolute Gasteiger partial charge is 0.239 e. The molecule has 0 aromatic heterocycles. The summed E-state index contributed by atoms with van der Waals surface area (Å²) in [6, 6.07) is 7.69. The molecule has 0 saturated carbocycles. The molecule has 0 radical (unpaired) electrons. The predicted octanol–water partition coefficient (Wildman–Crippen LogP) is 2.65. The maximum Gasteiger partial charge on any atom is 0.239 e. The van der Waals surface area contributed by atoms with Crippen LogP contribution in [0.15, 0.2) is 24.3 Å². The van der Waals surface area contributed by atoms with Gasteiger partial charge < -0.3 is 20.3 Å². The van der Waals surface area contributed by atoms with Crippen molar-refractivity contribution in [2.24, 2.45) is 11.3 Å². The van der Waals surface area contributed by atoms with Gasteiger partial charge in [-0.05, 0) is 38.3 Å². The van der Waals surface area contributed by atoms with Gasteiger partial charge in [0.1, 0.15) is 5.41 Å². The minimum Gasteiger partial charge on any atom is -0.378 e. The third-order valence-corrected chi connectivity index (χ3v) is 4.65. The van der Waals surface area contributed by atoms with Crippen LogP contribution in [-0.2, 0) is 14.3 Å². The quantitative estimate of drug-likeness (QED) is 0.733. The highest BCUT2D eigenvalue weighted by atomic mass is 16.5. The molecule has 26 heavy (non-hydrogen) atoms. The van der Waals surface area contributed by atoms with Gasteiger partial charge in [0.15, 0.2) is 0 Å². The van der Waals surface area contributed by atoms with Crippen molar-refractivity contribution >= 4 is 23.2 Å². The zero-order valence-electron chi connectivity index (χ0n) is 16.3. The topological polar surface area (TPSA) is 70.7 Å². The first kappa shape index (κ1) is 20.2. The van der Waals surface area contributed by atoms with Crippen molar-refractivity contribution in [1.82, 2.24) is 5.32 Å². The standard InChI is InChI=1S/C20H31N3O3/c1-15(2)9-10-21-18(24)20(3,4)19(25)22-16-7-5-6-8-17(16)23-11-13-26-14-12-23/h5-8,15H,9-14H2,1-4H3,(H,21,24)(H,22,25). The number of morpholine rings is 1. The summed E-state index contributed by atoms with van der Waals surface area (Å²) >= 11 is 0. The summed E-state index contributed by atoms with van der Waals surface area (Å²) in [5, 5.41) is 5.82. The Bertz CT molecular complexity index is 622. The average molecular weight is 361 g/mol. The molecule has 1 aliphatic heterocycles. The number of carbonyl (C=O) groups is 2. The first-order valence-corrected chi connectivity index (χ1v) is 9.34. The Labute approximate surface area is 156 Å². The van der Waals surface area contributed by atoms with E-state index >= 15 is 0 Å². The Hall–Kier alpha value is -2.08. The fourth-order valence-corrected chi connectivity index (χ4v) is 2.74. The van der Waals surface area contributed by atoms with Crippen LogP contribution in [0.3, 0.4) is 0 Å². The lowest BCUT2D eigenvalue weighted by Gasteiger charge is -2.31. The lowest BCUT2D eigenvalue weighted by molar-refractivity contribution is -0.138. The Balaban J connectivity index is 2.05. The van der Waals surface area contributed by atoms with Gasteiger partial charge in [-0.2, -0.15) is 0 Å². The molecule has 0 unspecified atom stereocenters. The van der Waals surface area contributed by atoms with Gasteiger partial charge in [-0.15, -0.1) is 0 Å². The molecule has 0 spiro atoms. The number of amides is 2. The van der Waals surface area contributed by atoms with E-state index in [0.29, 0.717) is 25.7 Å². The van der Waals surface area contributed by atoms with Crippen LogP contribution in [0.1, 0.15) is 34.1 Å². The Morgan fingerprint density at radius 2 is 1.81 bits per heavy atom. The van der Waals surface area contributed by atoms with E-state index in [-0.39, 0.29) is 11.8 Å². The van der Waals surface area contributed by atoms with Crippen molar-refractivity contribution in [3.8, 4) is 0 Å². The first-order chi connectivity index (χ1) is 12.3. The average Bonchev–Trinajstić information content (AvgIpc) is 2.62. The summed E-state index contributed by atoms with van der Waals surface area (Å²) in [4.78, 5) is 27.4. The van der Waals surface area contributed by atoms with E-state index in [4.69, 9.17) is 4.74 Å². The number of benzene rings is 1. The molecule has 144 valence electrons. The van der Waals surface area contributed by atoms with Crippen LogP contribution in [0.4, 0.5) is 11.4 Å². The molecule has 6 nitrogen and oxygen atoms in total. The van der Waals surface area contributed by atoms with Gasteiger partial charge in [0.2, 0.25) is 11.8 Å². The van der Waals surface area contributed by atoms with E-state index in [0.717, 1.165) is 30.9 Å². The molecule has 1 aromatic rings. The molecule has 0 aliphatic carbocycles. The van der Waals surface area contributed by atoms with Crippen molar-refractivity contribution in [3.05, 3.63) is 24.3 Å². The number of hydrogen-bond donors (Lipinski definition) is 2. The number of para-hydroxylation sites is 2. The third kappa shape index (κ3) is 5.21. The van der Waals surface area contributed by atoms with Crippen molar-refractivity contribution in [3.63, 3.8) is 0 Å². The van der Waals surface area contributed by atoms with Crippen molar-refractivity contribution in [1.29, 1.82) is 0 Å². The van der Waals surface area contributed by atoms with Crippen LogP contribution in [-0.4, -0.2) is 44.7 Å². The van der Waals surface area contributed by atoms with E-state index in [1.54, 1.807) is 13.8 Å². The normalized spacial score (nSPS) is 15.0. The molecular weight excluding hydrogens is 330 g/mol. The largest absolute Gasteiger partial charge is 0.378 e. The third-order valence-electron chi connectivity index (χ3n) is 4.65. The minimum atomic E-state index is -1.14. The number of hydrogen-bond acceptors (Lipinski definition) is 4. The summed E-state index contributed by atoms with van der Waals surface area (Å²) in [5.74, 6) is -0.0487. The van der Waals surface area contributed by atoms with Gasteiger partial charge in [0.25, 0.3) is 0 Å². The van der Waals surface area contributed by atoms with Crippen molar-refractivity contribution < 1.29 is 14.3 Å². The van der Waals surface area contributed by atoms with Crippen LogP contribution < -0.4 is 15.5 Å². The number of nitrogens with one attached hydrogen (secondary N) is 2. The van der Waals surface area contributed by atoms with E-state index in [1.165, 1.54) is 0 Å². The van der Waals surface area contributed by atoms with Gasteiger partial charge in [0.05, 0.1) is 24.6 Å². The monoisotopic (exact) mass is 361 g/mol. The molecule has 1 aliphatic rings. The molecule has 0 atom stereocenters. The zero-order valence-corrected chi connectivity index (χ0v) is 16.3. The van der Waals surface area contributed by atoms with Gasteiger partial charge >= 0.3 is 0 Å². The van der Waals surface area contributed by atoms with Gasteiger partial charge in [-0.1, -0.05) is 26.0 Å². The number of anilines is 2. The summed E-state index contributed by atoms with van der Waals surface area (Å²) in [6.07, 6.45) is 0.892. The van der Waals surface area contributed by atoms with Crippen LogP contribution in [0.25, 0.3) is 0 Å². The highest BCUT2D eigenvalue weighted by molar-refractivity contribution is 6.10. The molecule has 2 rings (SSSR count). The molecule has 0 bridgehead atoms. The minimum absolute atomic E-state index is 0.250. The molecule has 1 heterocycles. The van der Waals surface area contributed by atoms with Crippen LogP contribution in [0.5, 0.6) is 0 Å². The fraction of sp³-hybridized carbons (Fsp3) is 0.600. The number of ether oxygens (including phenoxy) is 1.